The van der Waals surface area contributed by atoms with Crippen LogP contribution in [0.25, 0.3) is 0 Å². The van der Waals surface area contributed by atoms with E-state index in [-0.39, 0.29) is 12.5 Å². The molecule has 1 fully saturated rings. The smallest absolute Gasteiger partial charge is 0.239 e. The molecule has 0 spiro atoms. The molecule has 1 aliphatic carbocycles. The third-order valence-electron chi connectivity index (χ3n) is 2.92. The summed E-state index contributed by atoms with van der Waals surface area (Å²) in [6.07, 6.45) is 5.50. The number of hydrogen-bond acceptors (Lipinski definition) is 3. The van der Waals surface area contributed by atoms with Crippen molar-refractivity contribution in [3.8, 4) is 0 Å². The highest BCUT2D eigenvalue weighted by Gasteiger charge is 2.30. The Labute approximate surface area is 95.0 Å². The molecule has 1 atom stereocenters. The van der Waals surface area contributed by atoms with Gasteiger partial charge in [-0.05, 0) is 25.2 Å². The number of hydrogen-bond donors (Lipinski definition) is 2. The van der Waals surface area contributed by atoms with Gasteiger partial charge in [-0.25, -0.2) is 0 Å². The zero-order valence-corrected chi connectivity index (χ0v) is 9.52. The Kier molecular flexibility index (Phi) is 3.12. The summed E-state index contributed by atoms with van der Waals surface area (Å²) in [4.78, 5) is 10.7. The van der Waals surface area contributed by atoms with Crippen LogP contribution in [0, 0.1) is 5.92 Å². The Morgan fingerprint density at radius 3 is 3.06 bits per heavy atom. The maximum Gasteiger partial charge on any atom is 0.239 e. The lowest BCUT2D eigenvalue weighted by Crippen LogP contribution is -2.22. The molecule has 0 bridgehead atoms. The minimum atomic E-state index is -0.371. The molecule has 16 heavy (non-hydrogen) atoms. The fraction of sp³-hybridized carbons (Fsp3) is 0.636. The van der Waals surface area contributed by atoms with Gasteiger partial charge in [0.1, 0.15) is 12.4 Å². The number of anilines is 1. The first kappa shape index (κ1) is 11.0. The van der Waals surface area contributed by atoms with Crippen molar-refractivity contribution >= 4 is 11.7 Å². The molecule has 0 radical (unpaired) electrons. The average molecular weight is 222 g/mol. The minimum Gasteiger partial charge on any atom is -0.368 e. The molecule has 3 N–H and O–H groups in total. The van der Waals surface area contributed by atoms with Gasteiger partial charge in [0.25, 0.3) is 0 Å². The summed E-state index contributed by atoms with van der Waals surface area (Å²) < 4.78 is 1.56. The fourth-order valence-electron chi connectivity index (χ4n) is 1.93. The van der Waals surface area contributed by atoms with Crippen molar-refractivity contribution < 1.29 is 4.79 Å². The van der Waals surface area contributed by atoms with Crippen LogP contribution in [0.3, 0.4) is 0 Å². The lowest BCUT2D eigenvalue weighted by atomic mass is 10.1. The van der Waals surface area contributed by atoms with Crippen LogP contribution in [0.4, 0.5) is 5.82 Å². The van der Waals surface area contributed by atoms with Crippen molar-refractivity contribution in [1.82, 2.24) is 9.78 Å². The molecule has 0 saturated heterocycles. The van der Waals surface area contributed by atoms with Gasteiger partial charge in [0.05, 0.1) is 0 Å². The number of amides is 1. The van der Waals surface area contributed by atoms with Gasteiger partial charge < -0.3 is 11.1 Å². The van der Waals surface area contributed by atoms with E-state index < -0.39 is 0 Å². The topological polar surface area (TPSA) is 72.9 Å². The molecular formula is C11H18N4O. The van der Waals surface area contributed by atoms with Gasteiger partial charge in [0.2, 0.25) is 5.91 Å². The molecule has 1 unspecified atom stereocenters. The van der Waals surface area contributed by atoms with Crippen LogP contribution in [0.15, 0.2) is 12.3 Å². The van der Waals surface area contributed by atoms with E-state index in [1.165, 1.54) is 12.8 Å². The highest BCUT2D eigenvalue weighted by atomic mass is 16.1. The van der Waals surface area contributed by atoms with Crippen molar-refractivity contribution in [2.24, 2.45) is 11.7 Å². The van der Waals surface area contributed by atoms with Crippen molar-refractivity contribution in [3.05, 3.63) is 12.3 Å². The SMILES string of the molecule is CCC(Nc1ccn(CC(N)=O)n1)C1CC1. The number of carbonyl (C=O) groups excluding carboxylic acids is 1. The standard InChI is InChI=1S/C11H18N4O/c1-2-9(8-3-4-8)13-11-5-6-15(14-11)7-10(12)16/h5-6,8-9H,2-4,7H2,1H3,(H2,12,16)(H,13,14). The summed E-state index contributed by atoms with van der Waals surface area (Å²) in [5.74, 6) is 1.26. The van der Waals surface area contributed by atoms with Crippen LogP contribution in [0.2, 0.25) is 0 Å². The fourth-order valence-corrected chi connectivity index (χ4v) is 1.93. The lowest BCUT2D eigenvalue weighted by Gasteiger charge is -2.15. The van der Waals surface area contributed by atoms with Gasteiger partial charge in [0.15, 0.2) is 0 Å². The van der Waals surface area contributed by atoms with Gasteiger partial charge >= 0.3 is 0 Å². The molecule has 1 saturated carbocycles. The molecule has 1 aromatic rings. The maximum absolute atomic E-state index is 10.7. The van der Waals surface area contributed by atoms with Crippen LogP contribution in [0.1, 0.15) is 26.2 Å². The van der Waals surface area contributed by atoms with E-state index in [1.807, 2.05) is 6.07 Å². The van der Waals surface area contributed by atoms with Gasteiger partial charge in [-0.1, -0.05) is 6.92 Å². The first-order valence-electron chi connectivity index (χ1n) is 5.77. The van der Waals surface area contributed by atoms with E-state index >= 15 is 0 Å². The molecule has 2 rings (SSSR count). The summed E-state index contributed by atoms with van der Waals surface area (Å²) in [5, 5.41) is 7.65. The average Bonchev–Trinajstić information content (AvgIpc) is 2.98. The normalized spacial score (nSPS) is 17.1. The zero-order chi connectivity index (χ0) is 11.5. The summed E-state index contributed by atoms with van der Waals surface area (Å²) in [7, 11) is 0. The predicted molar refractivity (Wildman–Crippen MR) is 61.8 cm³/mol. The third-order valence-corrected chi connectivity index (χ3v) is 2.92. The van der Waals surface area contributed by atoms with Crippen molar-refractivity contribution in [2.45, 2.75) is 38.8 Å². The molecular weight excluding hydrogens is 204 g/mol. The number of carbonyl (C=O) groups is 1. The zero-order valence-electron chi connectivity index (χ0n) is 9.52. The second-order valence-electron chi connectivity index (χ2n) is 4.36. The van der Waals surface area contributed by atoms with Gasteiger partial charge in [-0.2, -0.15) is 5.10 Å². The summed E-state index contributed by atoms with van der Waals surface area (Å²) in [6.45, 7) is 2.32. The molecule has 1 heterocycles. The highest BCUT2D eigenvalue weighted by Crippen LogP contribution is 2.35. The quantitative estimate of drug-likeness (QED) is 0.753. The minimum absolute atomic E-state index is 0.141. The third kappa shape index (κ3) is 2.74. The molecule has 1 aliphatic rings. The van der Waals surface area contributed by atoms with Crippen LogP contribution in [0.5, 0.6) is 0 Å². The van der Waals surface area contributed by atoms with Gasteiger partial charge in [-0.15, -0.1) is 0 Å². The second-order valence-corrected chi connectivity index (χ2v) is 4.36. The largest absolute Gasteiger partial charge is 0.368 e. The maximum atomic E-state index is 10.7. The van der Waals surface area contributed by atoms with E-state index in [0.717, 1.165) is 18.2 Å². The van der Waals surface area contributed by atoms with E-state index in [0.29, 0.717) is 6.04 Å². The summed E-state index contributed by atoms with van der Waals surface area (Å²) in [5.41, 5.74) is 5.10. The molecule has 5 nitrogen and oxygen atoms in total. The number of aromatic nitrogens is 2. The Hall–Kier alpha value is -1.52. The second kappa shape index (κ2) is 4.55. The monoisotopic (exact) mass is 222 g/mol. The Morgan fingerprint density at radius 1 is 1.75 bits per heavy atom. The van der Waals surface area contributed by atoms with Gasteiger partial charge in [0, 0.05) is 18.3 Å². The Morgan fingerprint density at radius 2 is 2.50 bits per heavy atom. The number of nitrogens with two attached hydrogens (primary N) is 1. The first-order valence-corrected chi connectivity index (χ1v) is 5.77. The molecule has 0 aromatic carbocycles. The molecule has 0 aliphatic heterocycles. The van der Waals surface area contributed by atoms with Gasteiger partial charge in [-0.3, -0.25) is 9.48 Å². The summed E-state index contributed by atoms with van der Waals surface area (Å²) >= 11 is 0. The molecule has 1 amide bonds. The molecule has 5 heteroatoms. The summed E-state index contributed by atoms with van der Waals surface area (Å²) in [6, 6.07) is 2.39. The van der Waals surface area contributed by atoms with E-state index in [9.17, 15) is 4.79 Å². The first-order chi connectivity index (χ1) is 7.69. The Balaban J connectivity index is 1.93. The van der Waals surface area contributed by atoms with Crippen LogP contribution in [-0.4, -0.2) is 21.7 Å². The van der Waals surface area contributed by atoms with E-state index in [4.69, 9.17) is 5.73 Å². The van der Waals surface area contributed by atoms with Crippen molar-refractivity contribution in [2.75, 3.05) is 5.32 Å². The van der Waals surface area contributed by atoms with Crippen LogP contribution >= 0.6 is 0 Å². The van der Waals surface area contributed by atoms with Crippen LogP contribution < -0.4 is 11.1 Å². The number of rotatable bonds is 6. The Bertz CT molecular complexity index is 370. The lowest BCUT2D eigenvalue weighted by molar-refractivity contribution is -0.118. The molecule has 88 valence electrons. The number of primary amides is 1. The van der Waals surface area contributed by atoms with Crippen molar-refractivity contribution in [1.29, 1.82) is 0 Å². The number of nitrogens with one attached hydrogen (secondary N) is 1. The molecule has 1 aromatic heterocycles. The predicted octanol–water partition coefficient (Wildman–Crippen LogP) is 0.969. The van der Waals surface area contributed by atoms with Crippen molar-refractivity contribution in [3.63, 3.8) is 0 Å². The van der Waals surface area contributed by atoms with E-state index in [1.54, 1.807) is 10.9 Å². The van der Waals surface area contributed by atoms with E-state index in [2.05, 4.69) is 17.3 Å². The van der Waals surface area contributed by atoms with Crippen LogP contribution in [-0.2, 0) is 11.3 Å². The highest BCUT2D eigenvalue weighted by molar-refractivity contribution is 5.73. The number of nitrogens with zero attached hydrogens (tertiary/aromatic N) is 2.